The maximum absolute atomic E-state index is 13.5. The Balaban J connectivity index is 2.05. The summed E-state index contributed by atoms with van der Waals surface area (Å²) in [5.74, 6) is 0. The molecule has 1 aromatic heterocycles. The van der Waals surface area contributed by atoms with Crippen LogP contribution in [0.25, 0.3) is 0 Å². The predicted octanol–water partition coefficient (Wildman–Crippen LogP) is 4.70. The Morgan fingerprint density at radius 3 is 2.29 bits per heavy atom. The molecule has 1 aromatic carbocycles. The van der Waals surface area contributed by atoms with E-state index in [1.165, 1.54) is 14.0 Å². The number of rotatable bonds is 7. The molecule has 0 radical (unpaired) electrons. The number of hydrogen-bond acceptors (Lipinski definition) is 7. The summed E-state index contributed by atoms with van der Waals surface area (Å²) in [5.41, 5.74) is -1.21. The summed E-state index contributed by atoms with van der Waals surface area (Å²) in [4.78, 5) is -0.559. The highest BCUT2D eigenvalue weighted by Gasteiger charge is 2.58. The molecule has 0 N–H and O–H groups in total. The highest BCUT2D eigenvalue weighted by atomic mass is 32.2. The van der Waals surface area contributed by atoms with Gasteiger partial charge in [-0.3, -0.25) is 0 Å². The molecule has 0 aliphatic carbocycles. The highest BCUT2D eigenvalue weighted by Crippen LogP contribution is 2.44. The molecule has 0 amide bonds. The number of nitrogens with zero attached hydrogens (tertiary/aromatic N) is 2. The molecule has 0 bridgehead atoms. The normalized spacial score (nSPS) is 22.0. The molecule has 8 nitrogen and oxygen atoms in total. The van der Waals surface area contributed by atoms with E-state index >= 15 is 0 Å². The molecule has 2 heterocycles. The molecule has 2 aromatic rings. The largest absolute Gasteiger partial charge is 0.416 e. The van der Waals surface area contributed by atoms with Crippen LogP contribution in [0, 0.1) is 0 Å². The van der Waals surface area contributed by atoms with E-state index in [0.29, 0.717) is 19.9 Å². The highest BCUT2D eigenvalue weighted by molar-refractivity contribution is 7.93. The second kappa shape index (κ2) is 9.78. The monoisotopic (exact) mass is 592 g/mol. The van der Waals surface area contributed by atoms with Crippen molar-refractivity contribution in [1.82, 2.24) is 9.78 Å². The number of methoxy groups -OCH3 is 1. The van der Waals surface area contributed by atoms with E-state index in [1.807, 2.05) is 0 Å². The van der Waals surface area contributed by atoms with E-state index in [-0.39, 0.29) is 25.1 Å². The van der Waals surface area contributed by atoms with Crippen LogP contribution < -0.4 is 0 Å². The molecule has 1 saturated heterocycles. The van der Waals surface area contributed by atoms with Gasteiger partial charge < -0.3 is 9.47 Å². The third-order valence-corrected chi connectivity index (χ3v) is 11.6. The Morgan fingerprint density at radius 2 is 1.74 bits per heavy atom. The fourth-order valence-electron chi connectivity index (χ4n) is 3.96. The van der Waals surface area contributed by atoms with E-state index in [0.717, 1.165) is 28.9 Å². The van der Waals surface area contributed by atoms with Gasteiger partial charge in [0.2, 0.25) is 9.84 Å². The van der Waals surface area contributed by atoms with Crippen LogP contribution in [0.2, 0.25) is 0 Å². The smallest absolute Gasteiger partial charge is 0.372 e. The third kappa shape index (κ3) is 5.19. The van der Waals surface area contributed by atoms with E-state index in [9.17, 15) is 43.2 Å². The SMILES string of the molecule is COCn1nc(S(=O)(=O)C(C)(C)C(F)(F)F)cc1C1CC(C)(S(=O)(=O)c2cccc(C(F)(F)F)c2)CCO1. The van der Waals surface area contributed by atoms with Crippen molar-refractivity contribution in [2.75, 3.05) is 13.7 Å². The standard InChI is InChI=1S/C22H26F6N2O6S2/c1-19(2,22(26,27)28)38(33,34)18-11-16(30(29-18)13-35-4)17-12-20(3,8-9-36-17)37(31,32)15-7-5-6-14(10-15)21(23,24)25/h5-7,10-11,17H,8-9,12-13H2,1-4H3. The fourth-order valence-corrected chi connectivity index (χ4v) is 7.11. The summed E-state index contributed by atoms with van der Waals surface area (Å²) in [5, 5.41) is 2.87. The van der Waals surface area contributed by atoms with Gasteiger partial charge in [-0.1, -0.05) is 6.07 Å². The first kappa shape index (κ1) is 30.4. The molecule has 214 valence electrons. The van der Waals surface area contributed by atoms with Gasteiger partial charge >= 0.3 is 12.4 Å². The van der Waals surface area contributed by atoms with Crippen LogP contribution in [-0.4, -0.2) is 56.0 Å². The van der Waals surface area contributed by atoms with E-state index in [2.05, 4.69) is 5.10 Å². The molecule has 0 spiro atoms. The summed E-state index contributed by atoms with van der Waals surface area (Å²) in [7, 11) is -8.22. The first-order valence-electron chi connectivity index (χ1n) is 11.1. The zero-order valence-electron chi connectivity index (χ0n) is 20.7. The van der Waals surface area contributed by atoms with Crippen LogP contribution in [0.15, 0.2) is 40.3 Å². The van der Waals surface area contributed by atoms with Gasteiger partial charge in [0.15, 0.2) is 19.6 Å². The van der Waals surface area contributed by atoms with Gasteiger partial charge in [0.1, 0.15) is 12.8 Å². The molecule has 38 heavy (non-hydrogen) atoms. The summed E-state index contributed by atoms with van der Waals surface area (Å²) in [6, 6.07) is 4.16. The number of ether oxygens (including phenoxy) is 2. The predicted molar refractivity (Wildman–Crippen MR) is 122 cm³/mol. The van der Waals surface area contributed by atoms with Gasteiger partial charge in [-0.15, -0.1) is 0 Å². The molecule has 1 aliphatic rings. The summed E-state index contributed by atoms with van der Waals surface area (Å²) >= 11 is 0. The van der Waals surface area contributed by atoms with Crippen molar-refractivity contribution in [1.29, 1.82) is 0 Å². The Morgan fingerprint density at radius 1 is 1.11 bits per heavy atom. The lowest BCUT2D eigenvalue weighted by Gasteiger charge is -2.37. The number of hydrogen-bond donors (Lipinski definition) is 0. The number of sulfone groups is 2. The van der Waals surface area contributed by atoms with Gasteiger partial charge in [0.05, 0.1) is 20.9 Å². The molecule has 3 rings (SSSR count). The Bertz CT molecular complexity index is 1400. The maximum atomic E-state index is 13.5. The van der Waals surface area contributed by atoms with Crippen LogP contribution in [0.3, 0.4) is 0 Å². The quantitative estimate of drug-likeness (QED) is 0.429. The van der Waals surface area contributed by atoms with Crippen molar-refractivity contribution >= 4 is 19.7 Å². The first-order valence-corrected chi connectivity index (χ1v) is 14.1. The second-order valence-electron chi connectivity index (χ2n) is 9.63. The lowest BCUT2D eigenvalue weighted by Crippen LogP contribution is -2.46. The number of halogens is 6. The zero-order chi connectivity index (χ0) is 28.9. The molecule has 16 heteroatoms. The van der Waals surface area contributed by atoms with Gasteiger partial charge in [0.25, 0.3) is 0 Å². The van der Waals surface area contributed by atoms with Crippen molar-refractivity contribution in [2.45, 2.75) is 78.2 Å². The van der Waals surface area contributed by atoms with Crippen LogP contribution in [0.1, 0.15) is 51.0 Å². The molecule has 1 aliphatic heterocycles. The summed E-state index contributed by atoms with van der Waals surface area (Å²) in [6.45, 7) is 1.72. The molecule has 2 unspecified atom stereocenters. The van der Waals surface area contributed by atoms with Crippen LogP contribution in [0.4, 0.5) is 26.3 Å². The van der Waals surface area contributed by atoms with Crippen molar-refractivity contribution in [3.63, 3.8) is 0 Å². The van der Waals surface area contributed by atoms with Crippen molar-refractivity contribution in [3.05, 3.63) is 41.6 Å². The molecular formula is C22H26F6N2O6S2. The molecule has 1 fully saturated rings. The maximum Gasteiger partial charge on any atom is 0.416 e. The lowest BCUT2D eigenvalue weighted by atomic mass is 9.95. The number of aromatic nitrogens is 2. The minimum Gasteiger partial charge on any atom is -0.372 e. The Hall–Kier alpha value is -2.17. The molecule has 2 atom stereocenters. The first-order chi connectivity index (χ1) is 17.2. The Kier molecular flexibility index (Phi) is 7.82. The van der Waals surface area contributed by atoms with Gasteiger partial charge in [-0.25, -0.2) is 21.5 Å². The average molecular weight is 593 g/mol. The summed E-state index contributed by atoms with van der Waals surface area (Å²) < 4.78 is 140. The van der Waals surface area contributed by atoms with E-state index in [1.54, 1.807) is 0 Å². The number of alkyl halides is 6. The van der Waals surface area contributed by atoms with Crippen molar-refractivity contribution in [2.24, 2.45) is 0 Å². The second-order valence-corrected chi connectivity index (χ2v) is 14.5. The minimum absolute atomic E-state index is 0.0615. The third-order valence-electron chi connectivity index (χ3n) is 6.69. The Labute approximate surface area is 215 Å². The van der Waals surface area contributed by atoms with Crippen molar-refractivity contribution in [3.8, 4) is 0 Å². The lowest BCUT2D eigenvalue weighted by molar-refractivity contribution is -0.153. The van der Waals surface area contributed by atoms with Crippen LogP contribution in [-0.2, 0) is 42.1 Å². The van der Waals surface area contributed by atoms with Crippen LogP contribution in [0.5, 0.6) is 0 Å². The summed E-state index contributed by atoms with van der Waals surface area (Å²) in [6.07, 6.45) is -11.5. The minimum atomic E-state index is -5.13. The molecule has 0 saturated carbocycles. The molecular weight excluding hydrogens is 566 g/mol. The topological polar surface area (TPSA) is 105 Å². The van der Waals surface area contributed by atoms with Crippen molar-refractivity contribution < 1.29 is 52.7 Å². The fraction of sp³-hybridized carbons (Fsp3) is 0.591. The zero-order valence-corrected chi connectivity index (χ0v) is 22.4. The van der Waals surface area contributed by atoms with Gasteiger partial charge in [-0.2, -0.15) is 31.4 Å². The van der Waals surface area contributed by atoms with Gasteiger partial charge in [0, 0.05) is 19.8 Å². The van der Waals surface area contributed by atoms with E-state index in [4.69, 9.17) is 9.47 Å². The van der Waals surface area contributed by atoms with Gasteiger partial charge in [-0.05, 0) is 51.8 Å². The number of benzene rings is 1. The average Bonchev–Trinajstić information content (AvgIpc) is 3.23. The van der Waals surface area contributed by atoms with E-state index < -0.39 is 69.8 Å². The van der Waals surface area contributed by atoms with Crippen LogP contribution >= 0.6 is 0 Å².